The van der Waals surface area contributed by atoms with E-state index in [1.54, 1.807) is 18.2 Å². The Balaban J connectivity index is 2.25. The zero-order chi connectivity index (χ0) is 21.6. The van der Waals surface area contributed by atoms with E-state index in [-0.39, 0.29) is 18.8 Å². The molecule has 0 atom stereocenters. The summed E-state index contributed by atoms with van der Waals surface area (Å²) in [4.78, 5) is 24.1. The molecule has 0 saturated carbocycles. The molecule has 10 heteroatoms. The summed E-state index contributed by atoms with van der Waals surface area (Å²) in [6.07, 6.45) is -4.56. The number of alkyl halides is 5. The lowest BCUT2D eigenvalue weighted by molar-refractivity contribution is -0.137. The van der Waals surface area contributed by atoms with Gasteiger partial charge in [-0.15, -0.1) is 0 Å². The van der Waals surface area contributed by atoms with Gasteiger partial charge in [0.25, 0.3) is 5.91 Å². The standard InChI is InChI=1S/C19H18Cl2F3N3O2/c1-12-4-2-6-14(10-12)26-18(29)27(9-8-25-17(28)16(20)21)15-7-3-5-13(11-15)19(22,23)24/h2-7,10-11,16H,8-9H2,1H3,(H,25,28)(H,26,29). The van der Waals surface area contributed by atoms with E-state index >= 15 is 0 Å². The molecule has 2 aromatic carbocycles. The van der Waals surface area contributed by atoms with Crippen LogP contribution in [-0.4, -0.2) is 29.9 Å². The molecule has 2 aromatic rings. The molecular formula is C19H18Cl2F3N3O2. The second-order valence-electron chi connectivity index (χ2n) is 6.09. The molecule has 5 nitrogen and oxygen atoms in total. The summed E-state index contributed by atoms with van der Waals surface area (Å²) in [5, 5.41) is 5.05. The van der Waals surface area contributed by atoms with Crippen LogP contribution in [0.5, 0.6) is 0 Å². The van der Waals surface area contributed by atoms with Gasteiger partial charge in [-0.25, -0.2) is 4.79 Å². The van der Waals surface area contributed by atoms with Crippen molar-refractivity contribution in [3.63, 3.8) is 0 Å². The molecule has 0 aliphatic heterocycles. The van der Waals surface area contributed by atoms with E-state index in [1.807, 2.05) is 13.0 Å². The molecule has 0 fully saturated rings. The van der Waals surface area contributed by atoms with Gasteiger partial charge in [0.1, 0.15) is 0 Å². The molecule has 0 radical (unpaired) electrons. The fourth-order valence-electron chi connectivity index (χ4n) is 2.48. The number of hydrogen-bond acceptors (Lipinski definition) is 2. The van der Waals surface area contributed by atoms with Crippen LogP contribution in [-0.2, 0) is 11.0 Å². The van der Waals surface area contributed by atoms with E-state index in [0.29, 0.717) is 5.69 Å². The normalized spacial score (nSPS) is 11.3. The number of anilines is 2. The van der Waals surface area contributed by atoms with Gasteiger partial charge < -0.3 is 10.6 Å². The summed E-state index contributed by atoms with van der Waals surface area (Å²) < 4.78 is 39.2. The summed E-state index contributed by atoms with van der Waals surface area (Å²) in [5.41, 5.74) is 0.509. The first-order valence-electron chi connectivity index (χ1n) is 8.46. The van der Waals surface area contributed by atoms with Crippen molar-refractivity contribution in [1.29, 1.82) is 0 Å². The monoisotopic (exact) mass is 447 g/mol. The van der Waals surface area contributed by atoms with Gasteiger partial charge in [0, 0.05) is 24.5 Å². The van der Waals surface area contributed by atoms with Crippen LogP contribution in [0.25, 0.3) is 0 Å². The number of carbonyl (C=O) groups is 2. The Labute approximate surface area is 175 Å². The van der Waals surface area contributed by atoms with Crippen molar-refractivity contribution in [1.82, 2.24) is 5.32 Å². The molecule has 0 aliphatic rings. The molecule has 3 amide bonds. The number of aryl methyl sites for hydroxylation is 1. The topological polar surface area (TPSA) is 61.4 Å². The second kappa shape index (κ2) is 9.84. The van der Waals surface area contributed by atoms with Crippen molar-refractivity contribution in [2.75, 3.05) is 23.3 Å². The number of rotatable bonds is 6. The third kappa shape index (κ3) is 6.83. The van der Waals surface area contributed by atoms with Crippen molar-refractivity contribution < 1.29 is 22.8 Å². The van der Waals surface area contributed by atoms with Gasteiger partial charge in [-0.2, -0.15) is 13.2 Å². The molecule has 2 rings (SSSR count). The number of benzene rings is 2. The molecule has 2 N–H and O–H groups in total. The largest absolute Gasteiger partial charge is 0.416 e. The minimum Gasteiger partial charge on any atom is -0.352 e. The van der Waals surface area contributed by atoms with E-state index in [4.69, 9.17) is 23.2 Å². The van der Waals surface area contributed by atoms with Crippen LogP contribution in [0.15, 0.2) is 48.5 Å². The Bertz CT molecular complexity index is 876. The molecule has 0 spiro atoms. The summed E-state index contributed by atoms with van der Waals surface area (Å²) in [6.45, 7) is 1.67. The van der Waals surface area contributed by atoms with E-state index in [1.165, 1.54) is 12.1 Å². The lowest BCUT2D eigenvalue weighted by Crippen LogP contribution is -2.42. The quantitative estimate of drug-likeness (QED) is 0.613. The van der Waals surface area contributed by atoms with Crippen molar-refractivity contribution in [3.05, 3.63) is 59.7 Å². The molecule has 0 saturated heterocycles. The maximum Gasteiger partial charge on any atom is 0.416 e. The van der Waals surface area contributed by atoms with Crippen LogP contribution in [0.2, 0.25) is 0 Å². The zero-order valence-corrected chi connectivity index (χ0v) is 16.8. The number of urea groups is 1. The zero-order valence-electron chi connectivity index (χ0n) is 15.3. The van der Waals surface area contributed by atoms with Crippen molar-refractivity contribution in [3.8, 4) is 0 Å². The van der Waals surface area contributed by atoms with Crippen molar-refractivity contribution in [2.45, 2.75) is 17.9 Å². The van der Waals surface area contributed by atoms with Crippen LogP contribution in [0, 0.1) is 6.92 Å². The Hall–Kier alpha value is -2.45. The van der Waals surface area contributed by atoms with Crippen LogP contribution < -0.4 is 15.5 Å². The first-order valence-corrected chi connectivity index (χ1v) is 9.33. The summed E-state index contributed by atoms with van der Waals surface area (Å²) >= 11 is 10.9. The highest BCUT2D eigenvalue weighted by Gasteiger charge is 2.31. The van der Waals surface area contributed by atoms with Gasteiger partial charge in [-0.3, -0.25) is 9.69 Å². The number of halogens is 5. The molecule has 0 bridgehead atoms. The predicted molar refractivity (Wildman–Crippen MR) is 107 cm³/mol. The Morgan fingerprint density at radius 3 is 2.41 bits per heavy atom. The van der Waals surface area contributed by atoms with Crippen LogP contribution in [0.1, 0.15) is 11.1 Å². The maximum atomic E-state index is 13.1. The third-order valence-corrected chi connectivity index (χ3v) is 4.23. The number of nitrogens with one attached hydrogen (secondary N) is 2. The Morgan fingerprint density at radius 1 is 1.10 bits per heavy atom. The highest BCUT2D eigenvalue weighted by atomic mass is 35.5. The van der Waals surface area contributed by atoms with Gasteiger partial charge >= 0.3 is 12.2 Å². The molecule has 0 aliphatic carbocycles. The fraction of sp³-hybridized carbons (Fsp3) is 0.263. The first-order chi connectivity index (χ1) is 13.6. The molecule has 0 aromatic heterocycles. The minimum absolute atomic E-state index is 0.0209. The lowest BCUT2D eigenvalue weighted by Gasteiger charge is -2.24. The number of hydrogen-bond donors (Lipinski definition) is 2. The Morgan fingerprint density at radius 2 is 1.79 bits per heavy atom. The summed E-state index contributed by atoms with van der Waals surface area (Å²) in [5.74, 6) is -0.670. The molecule has 156 valence electrons. The maximum absolute atomic E-state index is 13.1. The van der Waals surface area contributed by atoms with Crippen LogP contribution in [0.3, 0.4) is 0 Å². The second-order valence-corrected chi connectivity index (χ2v) is 7.19. The average molecular weight is 448 g/mol. The molecule has 29 heavy (non-hydrogen) atoms. The summed E-state index contributed by atoms with van der Waals surface area (Å²) in [6, 6.07) is 10.6. The van der Waals surface area contributed by atoms with E-state index in [2.05, 4.69) is 10.6 Å². The molecule has 0 heterocycles. The van der Waals surface area contributed by atoms with Gasteiger partial charge in [0.15, 0.2) is 4.84 Å². The van der Waals surface area contributed by atoms with Gasteiger partial charge in [0.2, 0.25) is 0 Å². The third-order valence-electron chi connectivity index (χ3n) is 3.83. The Kier molecular flexibility index (Phi) is 7.75. The minimum atomic E-state index is -4.56. The lowest BCUT2D eigenvalue weighted by atomic mass is 10.2. The van der Waals surface area contributed by atoms with E-state index in [0.717, 1.165) is 22.6 Å². The van der Waals surface area contributed by atoms with Gasteiger partial charge in [-0.05, 0) is 42.8 Å². The molecular weight excluding hydrogens is 430 g/mol. The molecule has 0 unspecified atom stereocenters. The number of nitrogens with zero attached hydrogens (tertiary/aromatic N) is 1. The van der Waals surface area contributed by atoms with Crippen molar-refractivity contribution >= 4 is 46.5 Å². The van der Waals surface area contributed by atoms with Crippen molar-refractivity contribution in [2.24, 2.45) is 0 Å². The fourth-order valence-corrected chi connectivity index (χ4v) is 2.63. The first kappa shape index (κ1) is 22.8. The highest BCUT2D eigenvalue weighted by molar-refractivity contribution is 6.53. The highest BCUT2D eigenvalue weighted by Crippen LogP contribution is 2.31. The average Bonchev–Trinajstić information content (AvgIpc) is 2.64. The van der Waals surface area contributed by atoms with Gasteiger partial charge in [-0.1, -0.05) is 41.4 Å². The van der Waals surface area contributed by atoms with Gasteiger partial charge in [0.05, 0.1) is 5.56 Å². The van der Waals surface area contributed by atoms with Crippen LogP contribution in [0.4, 0.5) is 29.3 Å². The smallest absolute Gasteiger partial charge is 0.352 e. The number of carbonyl (C=O) groups excluding carboxylic acids is 2. The van der Waals surface area contributed by atoms with E-state index in [9.17, 15) is 22.8 Å². The predicted octanol–water partition coefficient (Wildman–Crippen LogP) is 4.97. The van der Waals surface area contributed by atoms with E-state index < -0.39 is 28.5 Å². The summed E-state index contributed by atoms with van der Waals surface area (Å²) in [7, 11) is 0. The number of amides is 3. The van der Waals surface area contributed by atoms with Crippen LogP contribution >= 0.6 is 23.2 Å². The SMILES string of the molecule is Cc1cccc(NC(=O)N(CCNC(=O)C(Cl)Cl)c2cccc(C(F)(F)F)c2)c1.